The van der Waals surface area contributed by atoms with Gasteiger partial charge >= 0.3 is 11.8 Å². The molecule has 0 spiro atoms. The van der Waals surface area contributed by atoms with Gasteiger partial charge in [0.05, 0.1) is 12.4 Å². The van der Waals surface area contributed by atoms with Gasteiger partial charge in [0.25, 0.3) is 11.8 Å². The van der Waals surface area contributed by atoms with Crippen molar-refractivity contribution < 1.29 is 23.0 Å². The van der Waals surface area contributed by atoms with Crippen molar-refractivity contribution in [2.45, 2.75) is 11.8 Å². The molecule has 136 valence electrons. The van der Waals surface area contributed by atoms with E-state index in [-0.39, 0.29) is 11.8 Å². The summed E-state index contributed by atoms with van der Waals surface area (Å²) < 4.78 is 27.4. The molecule has 0 saturated heterocycles. The van der Waals surface area contributed by atoms with Gasteiger partial charge in [-0.3, -0.25) is 0 Å². The molecule has 11 heteroatoms. The van der Waals surface area contributed by atoms with Gasteiger partial charge in [-0.25, -0.2) is 20.1 Å². The van der Waals surface area contributed by atoms with Crippen LogP contribution in [0.1, 0.15) is 11.8 Å². The van der Waals surface area contributed by atoms with E-state index in [0.29, 0.717) is 0 Å². The third kappa shape index (κ3) is 2.96. The molecule has 0 bridgehead atoms. The van der Waals surface area contributed by atoms with Crippen LogP contribution in [0.5, 0.6) is 0 Å². The molecule has 2 unspecified atom stereocenters. The molecule has 4 N–H and O–H groups in total. The van der Waals surface area contributed by atoms with Gasteiger partial charge in [-0.1, -0.05) is 6.08 Å². The summed E-state index contributed by atoms with van der Waals surface area (Å²) in [4.78, 5) is 8.10. The molecule has 3 aliphatic rings. The van der Waals surface area contributed by atoms with Gasteiger partial charge in [0.15, 0.2) is 0 Å². The predicted molar refractivity (Wildman–Crippen MR) is 84.4 cm³/mol. The van der Waals surface area contributed by atoms with Crippen LogP contribution in [0.2, 0.25) is 0 Å². The summed E-state index contributed by atoms with van der Waals surface area (Å²) >= 11 is 0. The number of hydrogen-bond donors (Lipinski definition) is 4. The fraction of sp³-hybridized carbons (Fsp3) is 0.200. The lowest BCUT2D eigenvalue weighted by Gasteiger charge is -2.33. The predicted octanol–water partition coefficient (Wildman–Crippen LogP) is 0.390. The molecule has 26 heavy (non-hydrogen) atoms. The maximum absolute atomic E-state index is 5.93. The number of ether oxygens (including phenoxy) is 3. The number of hydrazine groups is 1. The van der Waals surface area contributed by atoms with E-state index in [1.807, 2.05) is 12.3 Å². The maximum atomic E-state index is 5.93. The molecule has 11 nitrogen and oxygen atoms in total. The summed E-state index contributed by atoms with van der Waals surface area (Å²) in [5.74, 6) is -2.68. The SMILES string of the molecule is C1=CNNC1.C1=COC(OC2(c3ncco3)NC=CO2)(c2ncco2)N1. The van der Waals surface area contributed by atoms with Crippen molar-refractivity contribution in [2.75, 3.05) is 6.54 Å². The van der Waals surface area contributed by atoms with E-state index in [9.17, 15) is 0 Å². The van der Waals surface area contributed by atoms with Crippen molar-refractivity contribution in [3.63, 3.8) is 0 Å². The monoisotopic (exact) mass is 360 g/mol. The summed E-state index contributed by atoms with van der Waals surface area (Å²) in [5.41, 5.74) is 5.65. The van der Waals surface area contributed by atoms with E-state index in [1.165, 1.54) is 37.4 Å². The van der Waals surface area contributed by atoms with Crippen molar-refractivity contribution in [2.24, 2.45) is 0 Å². The Hall–Kier alpha value is -3.44. The molecule has 0 amide bonds. The minimum absolute atomic E-state index is 0.163. The van der Waals surface area contributed by atoms with Crippen LogP contribution in [0.4, 0.5) is 0 Å². The van der Waals surface area contributed by atoms with Crippen molar-refractivity contribution in [1.82, 2.24) is 31.5 Å². The zero-order valence-electron chi connectivity index (χ0n) is 13.4. The minimum Gasteiger partial charge on any atom is -0.443 e. The number of aromatic nitrogens is 2. The molecule has 0 aliphatic carbocycles. The lowest BCUT2D eigenvalue weighted by Crippen LogP contribution is -2.52. The van der Waals surface area contributed by atoms with Crippen LogP contribution >= 0.6 is 0 Å². The maximum Gasteiger partial charge on any atom is 0.378 e. The van der Waals surface area contributed by atoms with E-state index < -0.39 is 11.8 Å². The molecule has 2 aromatic rings. The normalized spacial score (nSPS) is 27.7. The summed E-state index contributed by atoms with van der Waals surface area (Å²) in [6.07, 6.45) is 15.6. The minimum atomic E-state index is -1.50. The Kier molecular flexibility index (Phi) is 4.21. The topological polar surface area (TPSA) is 128 Å². The molecule has 0 aromatic carbocycles. The highest BCUT2D eigenvalue weighted by molar-refractivity contribution is 5.05. The van der Waals surface area contributed by atoms with E-state index in [1.54, 1.807) is 12.4 Å². The summed E-state index contributed by atoms with van der Waals surface area (Å²) in [6.45, 7) is 0.958. The number of hydrogen-bond acceptors (Lipinski definition) is 11. The zero-order chi connectivity index (χ0) is 17.7. The summed E-state index contributed by atoms with van der Waals surface area (Å²) in [6, 6.07) is 0. The molecular formula is C15H16N6O5. The molecule has 0 radical (unpaired) electrons. The first-order chi connectivity index (χ1) is 12.8. The number of nitrogens with one attached hydrogen (secondary N) is 4. The van der Waals surface area contributed by atoms with Crippen LogP contribution < -0.4 is 21.5 Å². The van der Waals surface area contributed by atoms with Gasteiger partial charge in [0.2, 0.25) is 0 Å². The second-order valence-corrected chi connectivity index (χ2v) is 5.07. The van der Waals surface area contributed by atoms with Crippen LogP contribution in [0.3, 0.4) is 0 Å². The Labute approximate surface area is 147 Å². The van der Waals surface area contributed by atoms with Crippen molar-refractivity contribution in [1.29, 1.82) is 0 Å². The molecule has 0 saturated carbocycles. The lowest BCUT2D eigenvalue weighted by molar-refractivity contribution is -0.368. The third-order valence-corrected chi connectivity index (χ3v) is 3.39. The van der Waals surface area contributed by atoms with Crippen molar-refractivity contribution in [3.8, 4) is 0 Å². The van der Waals surface area contributed by atoms with Gasteiger partial charge in [0, 0.05) is 25.1 Å². The second-order valence-electron chi connectivity index (χ2n) is 5.07. The van der Waals surface area contributed by atoms with Crippen molar-refractivity contribution in [3.05, 3.63) is 73.9 Å². The van der Waals surface area contributed by atoms with Crippen LogP contribution in [-0.2, 0) is 26.0 Å². The highest BCUT2D eigenvalue weighted by Crippen LogP contribution is 2.37. The Balaban J connectivity index is 0.000000292. The van der Waals surface area contributed by atoms with Gasteiger partial charge in [-0.05, 0) is 0 Å². The van der Waals surface area contributed by atoms with Gasteiger partial charge in [0.1, 0.15) is 25.1 Å². The van der Waals surface area contributed by atoms with E-state index in [4.69, 9.17) is 23.0 Å². The molecule has 2 atom stereocenters. The van der Waals surface area contributed by atoms with Crippen LogP contribution in [0, 0.1) is 0 Å². The number of nitrogens with zero attached hydrogens (tertiary/aromatic N) is 2. The first-order valence-corrected chi connectivity index (χ1v) is 7.68. The van der Waals surface area contributed by atoms with Gasteiger partial charge in [-0.15, -0.1) is 0 Å². The van der Waals surface area contributed by atoms with Crippen molar-refractivity contribution >= 4 is 0 Å². The lowest BCUT2D eigenvalue weighted by atomic mass is 10.4. The number of oxazole rings is 2. The zero-order valence-corrected chi connectivity index (χ0v) is 13.4. The third-order valence-electron chi connectivity index (χ3n) is 3.39. The molecule has 3 aliphatic heterocycles. The molecule has 5 rings (SSSR count). The Morgan fingerprint density at radius 1 is 0.885 bits per heavy atom. The van der Waals surface area contributed by atoms with Gasteiger partial charge < -0.3 is 34.4 Å². The first kappa shape index (κ1) is 16.1. The summed E-state index contributed by atoms with van der Waals surface area (Å²) in [5, 5.41) is 5.78. The Morgan fingerprint density at radius 3 is 1.81 bits per heavy atom. The van der Waals surface area contributed by atoms with Crippen LogP contribution in [0.15, 0.2) is 71.0 Å². The molecular weight excluding hydrogens is 344 g/mol. The molecule has 2 aromatic heterocycles. The number of rotatable bonds is 4. The van der Waals surface area contributed by atoms with Gasteiger partial charge in [-0.2, -0.15) is 0 Å². The average Bonchev–Trinajstić information content (AvgIpc) is 3.51. The average molecular weight is 360 g/mol. The second kappa shape index (κ2) is 6.82. The molecule has 0 fully saturated rings. The summed E-state index contributed by atoms with van der Waals surface area (Å²) in [7, 11) is 0. The Morgan fingerprint density at radius 2 is 1.50 bits per heavy atom. The van der Waals surface area contributed by atoms with E-state index in [2.05, 4.69) is 31.5 Å². The highest BCUT2D eigenvalue weighted by Gasteiger charge is 2.55. The van der Waals surface area contributed by atoms with Crippen LogP contribution in [0.25, 0.3) is 0 Å². The van der Waals surface area contributed by atoms with E-state index in [0.717, 1.165) is 6.54 Å². The fourth-order valence-electron chi connectivity index (χ4n) is 2.30. The van der Waals surface area contributed by atoms with E-state index >= 15 is 0 Å². The standard InChI is InChI=1S/C12H10N4O5.C3H6N2/c1-5-17-9(13-1)11(15-3-7-19-11)21-12(16-4-8-20-12)10-14-2-6-18-10;1-2-4-5-3-1/h1-8,15-16H;1-2,4-5H,3H2. The smallest absolute Gasteiger partial charge is 0.378 e. The van der Waals surface area contributed by atoms with Crippen LogP contribution in [-0.4, -0.2) is 16.5 Å². The quantitative estimate of drug-likeness (QED) is 0.604. The highest BCUT2D eigenvalue weighted by atomic mass is 16.8. The largest absolute Gasteiger partial charge is 0.443 e. The Bertz CT molecular complexity index is 705. The first-order valence-electron chi connectivity index (χ1n) is 7.68. The fourth-order valence-corrected chi connectivity index (χ4v) is 2.30. The molecule has 5 heterocycles.